The summed E-state index contributed by atoms with van der Waals surface area (Å²) >= 11 is 0. The number of piperazine rings is 1. The number of amides is 1. The number of fused-ring (bicyclic) bond motifs is 1. The summed E-state index contributed by atoms with van der Waals surface area (Å²) in [5, 5.41) is 21.0. The Balaban J connectivity index is 1.67. The maximum Gasteiger partial charge on any atom is 0.251 e. The summed E-state index contributed by atoms with van der Waals surface area (Å²) in [7, 11) is 0. The predicted molar refractivity (Wildman–Crippen MR) is 112 cm³/mol. The molecule has 0 bridgehead atoms. The predicted octanol–water partition coefficient (Wildman–Crippen LogP) is 2.42. The summed E-state index contributed by atoms with van der Waals surface area (Å²) in [4.78, 5) is 25.5. The number of nitrogens with zero attached hydrogens (tertiary/aromatic N) is 4. The van der Waals surface area contributed by atoms with E-state index in [1.165, 1.54) is 0 Å². The van der Waals surface area contributed by atoms with Crippen molar-refractivity contribution in [1.82, 2.24) is 14.9 Å². The highest BCUT2D eigenvalue weighted by Gasteiger charge is 2.27. The van der Waals surface area contributed by atoms with Gasteiger partial charge < -0.3 is 20.0 Å². The van der Waals surface area contributed by atoms with Gasteiger partial charge in [-0.3, -0.25) is 4.79 Å². The quantitative estimate of drug-likeness (QED) is 0.709. The molecule has 2 aromatic carbocycles. The molecule has 1 aliphatic heterocycles. The molecule has 0 radical (unpaired) electrons. The molecule has 150 valence electrons. The Hall–Kier alpha value is -3.19. The Bertz CT molecular complexity index is 1030. The van der Waals surface area contributed by atoms with Crippen LogP contribution in [0.3, 0.4) is 0 Å². The largest absolute Gasteiger partial charge is 0.507 e. The monoisotopic (exact) mass is 392 g/mol. The van der Waals surface area contributed by atoms with Crippen LogP contribution in [0.4, 0.5) is 5.82 Å². The molecule has 1 aromatic heterocycles. The highest BCUT2D eigenvalue weighted by atomic mass is 16.3. The Morgan fingerprint density at radius 3 is 2.45 bits per heavy atom. The van der Waals surface area contributed by atoms with Crippen molar-refractivity contribution >= 4 is 22.6 Å². The number of hydrogen-bond acceptors (Lipinski definition) is 6. The second kappa shape index (κ2) is 8.05. The van der Waals surface area contributed by atoms with Crippen LogP contribution in [0.15, 0.2) is 48.5 Å². The van der Waals surface area contributed by atoms with Gasteiger partial charge in [0.25, 0.3) is 5.91 Å². The van der Waals surface area contributed by atoms with E-state index in [1.807, 2.05) is 30.3 Å². The Kier molecular flexibility index (Phi) is 5.31. The van der Waals surface area contributed by atoms with Gasteiger partial charge in [0.15, 0.2) is 5.82 Å². The third kappa shape index (κ3) is 3.73. The molecule has 2 N–H and O–H groups in total. The zero-order valence-corrected chi connectivity index (χ0v) is 16.3. The molecule has 1 atom stereocenters. The zero-order chi connectivity index (χ0) is 20.4. The molecule has 1 amide bonds. The van der Waals surface area contributed by atoms with Gasteiger partial charge in [-0.05, 0) is 30.7 Å². The van der Waals surface area contributed by atoms with Crippen LogP contribution in [0.1, 0.15) is 13.3 Å². The fraction of sp³-hybridized carbons (Fsp3) is 0.318. The molecule has 0 aliphatic carbocycles. The van der Waals surface area contributed by atoms with Crippen LogP contribution >= 0.6 is 0 Å². The first-order valence-electron chi connectivity index (χ1n) is 9.85. The lowest BCUT2D eigenvalue weighted by molar-refractivity contribution is -0.140. The molecule has 1 fully saturated rings. The minimum atomic E-state index is -0.936. The summed E-state index contributed by atoms with van der Waals surface area (Å²) in [5.74, 6) is 1.18. The molecule has 0 saturated carbocycles. The first-order chi connectivity index (χ1) is 14.1. The standard InChI is InChI=1S/C22H24N4O3/c1-2-18(27)22(29)26-13-11-25(12-14-26)21-15-7-3-5-9-17(15)23-20(24-21)16-8-4-6-10-19(16)28/h3-10,18,27-28H,2,11-14H2,1H3/t18-/m0/s1. The van der Waals surface area contributed by atoms with Crippen LogP contribution in [0.25, 0.3) is 22.3 Å². The molecular weight excluding hydrogens is 368 g/mol. The van der Waals surface area contributed by atoms with Gasteiger partial charge in [-0.25, -0.2) is 9.97 Å². The number of anilines is 1. The van der Waals surface area contributed by atoms with E-state index >= 15 is 0 Å². The van der Waals surface area contributed by atoms with E-state index < -0.39 is 6.10 Å². The van der Waals surface area contributed by atoms with Crippen molar-refractivity contribution in [2.24, 2.45) is 0 Å². The van der Waals surface area contributed by atoms with Crippen molar-refractivity contribution in [2.75, 3.05) is 31.1 Å². The Morgan fingerprint density at radius 1 is 1.03 bits per heavy atom. The van der Waals surface area contributed by atoms with E-state index in [0.29, 0.717) is 44.0 Å². The van der Waals surface area contributed by atoms with Gasteiger partial charge in [0, 0.05) is 31.6 Å². The van der Waals surface area contributed by atoms with Crippen LogP contribution in [0.2, 0.25) is 0 Å². The van der Waals surface area contributed by atoms with Gasteiger partial charge >= 0.3 is 0 Å². The summed E-state index contributed by atoms with van der Waals surface area (Å²) < 4.78 is 0. The molecule has 7 heteroatoms. The van der Waals surface area contributed by atoms with Gasteiger partial charge in [0.05, 0.1) is 11.1 Å². The van der Waals surface area contributed by atoms with Crippen molar-refractivity contribution in [3.05, 3.63) is 48.5 Å². The van der Waals surface area contributed by atoms with Crippen molar-refractivity contribution in [3.8, 4) is 17.1 Å². The lowest BCUT2D eigenvalue weighted by Crippen LogP contribution is -2.51. The number of aliphatic hydroxyl groups excluding tert-OH is 1. The van der Waals surface area contributed by atoms with Gasteiger partial charge in [-0.1, -0.05) is 31.2 Å². The SMILES string of the molecule is CC[C@H](O)C(=O)N1CCN(c2nc(-c3ccccc3O)nc3ccccc23)CC1. The first-order valence-corrected chi connectivity index (χ1v) is 9.85. The summed E-state index contributed by atoms with van der Waals surface area (Å²) in [5.41, 5.74) is 1.38. The molecule has 1 aliphatic rings. The van der Waals surface area contributed by atoms with E-state index in [9.17, 15) is 15.0 Å². The van der Waals surface area contributed by atoms with Crippen molar-refractivity contribution in [1.29, 1.82) is 0 Å². The molecule has 0 unspecified atom stereocenters. The van der Waals surface area contributed by atoms with Crippen LogP contribution in [0.5, 0.6) is 5.75 Å². The van der Waals surface area contributed by atoms with Crippen molar-refractivity contribution in [3.63, 3.8) is 0 Å². The van der Waals surface area contributed by atoms with Crippen LogP contribution in [-0.4, -0.2) is 63.3 Å². The number of para-hydroxylation sites is 2. The molecule has 3 aromatic rings. The van der Waals surface area contributed by atoms with Gasteiger partial charge in [-0.15, -0.1) is 0 Å². The average Bonchev–Trinajstić information content (AvgIpc) is 2.77. The number of rotatable bonds is 4. The second-order valence-corrected chi connectivity index (χ2v) is 7.14. The number of carbonyl (C=O) groups excluding carboxylic acids is 1. The number of phenols is 1. The van der Waals surface area contributed by atoms with Gasteiger partial charge in [0.1, 0.15) is 17.7 Å². The first kappa shape index (κ1) is 19.1. The van der Waals surface area contributed by atoms with E-state index in [4.69, 9.17) is 4.98 Å². The molecule has 4 rings (SSSR count). The maximum absolute atomic E-state index is 12.3. The minimum absolute atomic E-state index is 0.137. The van der Waals surface area contributed by atoms with Crippen LogP contribution in [0, 0.1) is 0 Å². The number of aliphatic hydroxyl groups is 1. The number of benzene rings is 2. The third-order valence-electron chi connectivity index (χ3n) is 5.29. The lowest BCUT2D eigenvalue weighted by Gasteiger charge is -2.36. The summed E-state index contributed by atoms with van der Waals surface area (Å²) in [6, 6.07) is 14.8. The molecule has 29 heavy (non-hydrogen) atoms. The smallest absolute Gasteiger partial charge is 0.251 e. The zero-order valence-electron chi connectivity index (χ0n) is 16.3. The topological polar surface area (TPSA) is 89.8 Å². The lowest BCUT2D eigenvalue weighted by atomic mass is 10.1. The van der Waals surface area contributed by atoms with E-state index in [0.717, 1.165) is 16.7 Å². The number of hydrogen-bond donors (Lipinski definition) is 2. The number of phenolic OH excluding ortho intramolecular Hbond substituents is 1. The second-order valence-electron chi connectivity index (χ2n) is 7.14. The highest BCUT2D eigenvalue weighted by Crippen LogP contribution is 2.31. The summed E-state index contributed by atoms with van der Waals surface area (Å²) in [6.45, 7) is 4.08. The van der Waals surface area contributed by atoms with Gasteiger partial charge in [-0.2, -0.15) is 0 Å². The highest BCUT2D eigenvalue weighted by molar-refractivity contribution is 5.91. The molecule has 2 heterocycles. The van der Waals surface area contributed by atoms with Crippen LogP contribution in [-0.2, 0) is 4.79 Å². The average molecular weight is 392 g/mol. The molecular formula is C22H24N4O3. The number of carbonyl (C=O) groups is 1. The Labute approximate surface area is 169 Å². The molecule has 1 saturated heterocycles. The fourth-order valence-electron chi connectivity index (χ4n) is 3.61. The van der Waals surface area contributed by atoms with E-state index in [-0.39, 0.29) is 11.7 Å². The van der Waals surface area contributed by atoms with E-state index in [2.05, 4.69) is 9.88 Å². The van der Waals surface area contributed by atoms with Gasteiger partial charge in [0.2, 0.25) is 0 Å². The number of aromatic hydroxyl groups is 1. The number of aromatic nitrogens is 2. The maximum atomic E-state index is 12.3. The van der Waals surface area contributed by atoms with Crippen molar-refractivity contribution < 1.29 is 15.0 Å². The van der Waals surface area contributed by atoms with Crippen molar-refractivity contribution in [2.45, 2.75) is 19.4 Å². The minimum Gasteiger partial charge on any atom is -0.507 e. The third-order valence-corrected chi connectivity index (χ3v) is 5.29. The summed E-state index contributed by atoms with van der Waals surface area (Å²) in [6.07, 6.45) is -0.520. The van der Waals surface area contributed by atoms with E-state index in [1.54, 1.807) is 30.0 Å². The van der Waals surface area contributed by atoms with Crippen LogP contribution < -0.4 is 4.90 Å². The Morgan fingerprint density at radius 2 is 1.72 bits per heavy atom. The normalized spacial score (nSPS) is 15.5. The molecule has 0 spiro atoms. The molecule has 7 nitrogen and oxygen atoms in total. The fourth-order valence-corrected chi connectivity index (χ4v) is 3.61.